The highest BCUT2D eigenvalue weighted by Crippen LogP contribution is 2.39. The first-order valence-electron chi connectivity index (χ1n) is 11.0. The molecule has 0 bridgehead atoms. The summed E-state index contributed by atoms with van der Waals surface area (Å²) in [5.74, 6) is 2.50. The van der Waals surface area contributed by atoms with Crippen LogP contribution in [0, 0.1) is 17.8 Å². The van der Waals surface area contributed by atoms with Crippen molar-refractivity contribution in [3.63, 3.8) is 0 Å². The number of benzene rings is 1. The number of nitrogens with one attached hydrogen (secondary N) is 2. The minimum absolute atomic E-state index is 0.00115. The molecule has 1 aromatic rings. The van der Waals surface area contributed by atoms with E-state index in [9.17, 15) is 9.59 Å². The lowest BCUT2D eigenvalue weighted by Gasteiger charge is -2.38. The van der Waals surface area contributed by atoms with Crippen molar-refractivity contribution in [1.29, 1.82) is 0 Å². The summed E-state index contributed by atoms with van der Waals surface area (Å²) < 4.78 is 11.4. The molecule has 2 saturated carbocycles. The molecule has 7 nitrogen and oxygen atoms in total. The summed E-state index contributed by atoms with van der Waals surface area (Å²) in [4.78, 5) is 26.4. The molecule has 30 heavy (non-hydrogen) atoms. The summed E-state index contributed by atoms with van der Waals surface area (Å²) in [7, 11) is 1.62. The van der Waals surface area contributed by atoms with Gasteiger partial charge in [0.25, 0.3) is 0 Å². The van der Waals surface area contributed by atoms with Gasteiger partial charge in [-0.05, 0) is 67.7 Å². The predicted molar refractivity (Wildman–Crippen MR) is 114 cm³/mol. The molecule has 0 radical (unpaired) electrons. The zero-order chi connectivity index (χ0) is 21.1. The first kappa shape index (κ1) is 21.1. The molecule has 2 aliphatic carbocycles. The van der Waals surface area contributed by atoms with E-state index in [4.69, 9.17) is 9.47 Å². The van der Waals surface area contributed by atoms with Crippen molar-refractivity contribution in [3.05, 3.63) is 24.3 Å². The zero-order valence-corrected chi connectivity index (χ0v) is 17.9. The lowest BCUT2D eigenvalue weighted by atomic mass is 9.77. The van der Waals surface area contributed by atoms with Gasteiger partial charge in [0.2, 0.25) is 11.8 Å². The van der Waals surface area contributed by atoms with Crippen molar-refractivity contribution in [2.75, 3.05) is 38.7 Å². The second-order valence-corrected chi connectivity index (χ2v) is 9.08. The molecule has 1 saturated heterocycles. The minimum atomic E-state index is -0.00115. The first-order valence-corrected chi connectivity index (χ1v) is 11.0. The summed E-state index contributed by atoms with van der Waals surface area (Å²) in [5.41, 5.74) is 0.775. The third-order valence-electron chi connectivity index (χ3n) is 6.57. The molecule has 0 unspecified atom stereocenters. The Balaban J connectivity index is 1.30. The SMILES string of the molecule is COc1ccc(NC(=O)CN2C[C@H]3C[C@@H](NC(C)=O)[C@H](OCC4CC4)C[C@H]3C2)cc1. The standard InChI is InChI=1S/C23H33N3O4/c1-15(27)24-21-9-17-11-26(12-18(17)10-22(21)30-14-16-3-4-16)13-23(28)25-19-5-7-20(29-2)8-6-19/h5-8,16-18,21-22H,3-4,9-14H2,1-2H3,(H,24,27)(H,25,28)/t17-,18+,21-,22-/m1/s1. The van der Waals surface area contributed by atoms with Crippen molar-refractivity contribution in [2.45, 2.75) is 44.8 Å². The van der Waals surface area contributed by atoms with Crippen molar-refractivity contribution >= 4 is 17.5 Å². The number of carbonyl (C=O) groups excluding carboxylic acids is 2. The van der Waals surface area contributed by atoms with E-state index >= 15 is 0 Å². The molecular weight excluding hydrogens is 382 g/mol. The maximum absolute atomic E-state index is 12.5. The maximum Gasteiger partial charge on any atom is 0.238 e. The van der Waals surface area contributed by atoms with Crippen LogP contribution in [-0.2, 0) is 14.3 Å². The number of fused-ring (bicyclic) bond motifs is 1. The molecule has 2 N–H and O–H groups in total. The molecule has 4 rings (SSSR count). The lowest BCUT2D eigenvalue weighted by Crippen LogP contribution is -2.50. The van der Waals surface area contributed by atoms with Gasteiger partial charge in [-0.2, -0.15) is 0 Å². The topological polar surface area (TPSA) is 79.9 Å². The summed E-state index contributed by atoms with van der Waals surface area (Å²) >= 11 is 0. The van der Waals surface area contributed by atoms with Crippen LogP contribution in [0.1, 0.15) is 32.6 Å². The van der Waals surface area contributed by atoms with Crippen LogP contribution in [0.4, 0.5) is 5.69 Å². The summed E-state index contributed by atoms with van der Waals surface area (Å²) in [6.45, 7) is 4.58. The van der Waals surface area contributed by atoms with E-state index in [0.29, 0.717) is 24.3 Å². The van der Waals surface area contributed by atoms with Crippen molar-refractivity contribution in [2.24, 2.45) is 17.8 Å². The van der Waals surface area contributed by atoms with Crippen molar-refractivity contribution in [1.82, 2.24) is 10.2 Å². The lowest BCUT2D eigenvalue weighted by molar-refractivity contribution is -0.122. The van der Waals surface area contributed by atoms with E-state index < -0.39 is 0 Å². The van der Waals surface area contributed by atoms with Crippen LogP contribution in [0.5, 0.6) is 5.75 Å². The van der Waals surface area contributed by atoms with Crippen LogP contribution in [0.25, 0.3) is 0 Å². The van der Waals surface area contributed by atoms with E-state index in [-0.39, 0.29) is 24.0 Å². The number of amides is 2. The number of rotatable bonds is 8. The second kappa shape index (κ2) is 9.35. The fraction of sp³-hybridized carbons (Fsp3) is 0.652. The highest BCUT2D eigenvalue weighted by molar-refractivity contribution is 5.92. The number of hydrogen-bond acceptors (Lipinski definition) is 5. The average Bonchev–Trinajstić information content (AvgIpc) is 3.46. The van der Waals surface area contributed by atoms with Crippen LogP contribution in [0.3, 0.4) is 0 Å². The Labute approximate surface area is 178 Å². The Morgan fingerprint density at radius 1 is 1.10 bits per heavy atom. The zero-order valence-electron chi connectivity index (χ0n) is 17.9. The van der Waals surface area contributed by atoms with E-state index in [2.05, 4.69) is 15.5 Å². The van der Waals surface area contributed by atoms with Crippen molar-refractivity contribution in [3.8, 4) is 5.75 Å². The van der Waals surface area contributed by atoms with E-state index in [1.165, 1.54) is 12.8 Å². The van der Waals surface area contributed by atoms with Gasteiger partial charge in [0.05, 0.1) is 25.8 Å². The van der Waals surface area contributed by atoms with Gasteiger partial charge in [-0.3, -0.25) is 14.5 Å². The maximum atomic E-state index is 12.5. The predicted octanol–water partition coefficient (Wildman–Crippen LogP) is 2.28. The quantitative estimate of drug-likeness (QED) is 0.681. The number of likely N-dealkylation sites (tertiary alicyclic amines) is 1. The molecule has 1 aromatic carbocycles. The fourth-order valence-corrected chi connectivity index (χ4v) is 4.86. The summed E-state index contributed by atoms with van der Waals surface area (Å²) in [6, 6.07) is 7.45. The highest BCUT2D eigenvalue weighted by atomic mass is 16.5. The smallest absolute Gasteiger partial charge is 0.238 e. The van der Waals surface area contributed by atoms with Gasteiger partial charge in [-0.15, -0.1) is 0 Å². The molecule has 1 heterocycles. The molecule has 3 aliphatic rings. The molecule has 0 aromatic heterocycles. The van der Waals surface area contributed by atoms with Gasteiger partial charge in [-0.1, -0.05) is 0 Å². The Morgan fingerprint density at radius 2 is 1.80 bits per heavy atom. The first-order chi connectivity index (χ1) is 14.5. The third-order valence-corrected chi connectivity index (χ3v) is 6.57. The number of carbonyl (C=O) groups is 2. The molecule has 4 atom stereocenters. The van der Waals surface area contributed by atoms with Gasteiger partial charge < -0.3 is 20.1 Å². The van der Waals surface area contributed by atoms with Crippen LogP contribution in [0.15, 0.2) is 24.3 Å². The summed E-state index contributed by atoms with van der Waals surface area (Å²) in [6.07, 6.45) is 4.50. The number of ether oxygens (including phenoxy) is 2. The van der Waals surface area contributed by atoms with Crippen LogP contribution in [0.2, 0.25) is 0 Å². The van der Waals surface area contributed by atoms with Crippen LogP contribution >= 0.6 is 0 Å². The highest BCUT2D eigenvalue weighted by Gasteiger charge is 2.43. The number of nitrogens with zero attached hydrogens (tertiary/aromatic N) is 1. The Hall–Kier alpha value is -2.12. The molecular formula is C23H33N3O4. The van der Waals surface area contributed by atoms with Gasteiger partial charge >= 0.3 is 0 Å². The molecule has 2 amide bonds. The largest absolute Gasteiger partial charge is 0.497 e. The molecule has 1 aliphatic heterocycles. The number of hydrogen-bond donors (Lipinski definition) is 2. The Bertz CT molecular complexity index is 749. The summed E-state index contributed by atoms with van der Waals surface area (Å²) in [5, 5.41) is 6.08. The second-order valence-electron chi connectivity index (χ2n) is 9.08. The van der Waals surface area contributed by atoms with E-state index in [0.717, 1.165) is 44.0 Å². The van der Waals surface area contributed by atoms with E-state index in [1.807, 2.05) is 24.3 Å². The molecule has 164 valence electrons. The number of anilines is 1. The van der Waals surface area contributed by atoms with Gasteiger partial charge in [0, 0.05) is 32.3 Å². The van der Waals surface area contributed by atoms with Gasteiger partial charge in [-0.25, -0.2) is 0 Å². The normalized spacial score (nSPS) is 28.6. The third kappa shape index (κ3) is 5.52. The Kier molecular flexibility index (Phi) is 6.58. The number of methoxy groups -OCH3 is 1. The Morgan fingerprint density at radius 3 is 2.43 bits per heavy atom. The van der Waals surface area contributed by atoms with Crippen LogP contribution < -0.4 is 15.4 Å². The van der Waals surface area contributed by atoms with Gasteiger partial charge in [0.1, 0.15) is 5.75 Å². The van der Waals surface area contributed by atoms with Gasteiger partial charge in [0.15, 0.2) is 0 Å². The molecule has 3 fully saturated rings. The molecule has 7 heteroatoms. The fourth-order valence-electron chi connectivity index (χ4n) is 4.86. The minimum Gasteiger partial charge on any atom is -0.497 e. The van der Waals surface area contributed by atoms with Crippen LogP contribution in [-0.4, -0.2) is 62.2 Å². The van der Waals surface area contributed by atoms with Crippen molar-refractivity contribution < 1.29 is 19.1 Å². The average molecular weight is 416 g/mol. The monoisotopic (exact) mass is 415 g/mol. The molecule has 0 spiro atoms. The van der Waals surface area contributed by atoms with E-state index in [1.54, 1.807) is 14.0 Å².